The average molecular weight is 210 g/mol. The number of hydrogen-bond acceptors (Lipinski definition) is 3. The number of hydrogen-bond donors (Lipinski definition) is 0. The molecule has 0 aromatic rings. The molecule has 0 aromatic carbocycles. The van der Waals surface area contributed by atoms with Crippen molar-refractivity contribution in [3.05, 3.63) is 11.5 Å². The highest BCUT2D eigenvalue weighted by atomic mass is 33.1. The van der Waals surface area contributed by atoms with Gasteiger partial charge in [-0.15, -0.1) is 0 Å². The van der Waals surface area contributed by atoms with Crippen LogP contribution in [0, 0.1) is 0 Å². The molecule has 0 aliphatic heterocycles. The van der Waals surface area contributed by atoms with E-state index in [4.69, 9.17) is 0 Å². The lowest BCUT2D eigenvalue weighted by Crippen LogP contribution is -2.05. The van der Waals surface area contributed by atoms with E-state index in [0.717, 1.165) is 6.42 Å². The summed E-state index contributed by atoms with van der Waals surface area (Å²) >= 11 is 0. The molecule has 11 heavy (non-hydrogen) atoms. The molecule has 0 N–H and O–H groups in total. The number of allylic oxidation sites excluding steroid dienone is 1. The molecule has 0 aliphatic carbocycles. The zero-order valence-corrected chi connectivity index (χ0v) is 9.52. The summed E-state index contributed by atoms with van der Waals surface area (Å²) in [5.41, 5.74) is 0. The summed E-state index contributed by atoms with van der Waals surface area (Å²) in [5, 5.41) is 2.01. The molecule has 1 nitrogen and oxygen atoms in total. The van der Waals surface area contributed by atoms with Crippen LogP contribution in [0.5, 0.6) is 0 Å². The highest BCUT2D eigenvalue weighted by Gasteiger charge is 2.09. The molecule has 0 saturated carbocycles. The van der Waals surface area contributed by atoms with Crippen LogP contribution in [0.15, 0.2) is 11.5 Å². The van der Waals surface area contributed by atoms with E-state index in [0.29, 0.717) is 0 Å². The molecular formula is C7H14OS3. The second-order valence-electron chi connectivity index (χ2n) is 2.00. The SMILES string of the molecule is C/C=C\SSC(CC)S(C)=O. The highest BCUT2D eigenvalue weighted by molar-refractivity contribution is 8.79. The second kappa shape index (κ2) is 7.25. The molecule has 0 bridgehead atoms. The zero-order valence-electron chi connectivity index (χ0n) is 7.07. The maximum Gasteiger partial charge on any atom is 0.0902 e. The van der Waals surface area contributed by atoms with Gasteiger partial charge >= 0.3 is 0 Å². The van der Waals surface area contributed by atoms with Crippen LogP contribution in [0.4, 0.5) is 0 Å². The van der Waals surface area contributed by atoms with Gasteiger partial charge in [-0.2, -0.15) is 0 Å². The van der Waals surface area contributed by atoms with Crippen LogP contribution in [0.3, 0.4) is 0 Å². The van der Waals surface area contributed by atoms with Crippen LogP contribution in [-0.4, -0.2) is 15.0 Å². The van der Waals surface area contributed by atoms with E-state index in [-0.39, 0.29) is 4.58 Å². The molecular weight excluding hydrogens is 196 g/mol. The van der Waals surface area contributed by atoms with Gasteiger partial charge in [-0.25, -0.2) is 0 Å². The minimum atomic E-state index is -0.699. The third-order valence-corrected chi connectivity index (χ3v) is 6.00. The van der Waals surface area contributed by atoms with Crippen LogP contribution in [0.2, 0.25) is 0 Å². The first kappa shape index (κ1) is 11.6. The van der Waals surface area contributed by atoms with Crippen molar-refractivity contribution in [2.75, 3.05) is 6.26 Å². The standard InChI is InChI=1S/C7H14OS3/c1-4-6-9-10-7(5-2)11(3)8/h4,6-7H,5H2,1-3H3/b6-4-. The monoisotopic (exact) mass is 210 g/mol. The van der Waals surface area contributed by atoms with E-state index in [1.807, 2.05) is 18.4 Å². The second-order valence-corrected chi connectivity index (χ2v) is 6.24. The molecule has 0 aliphatic rings. The maximum atomic E-state index is 11.0. The molecule has 2 unspecified atom stereocenters. The summed E-state index contributed by atoms with van der Waals surface area (Å²) in [5.74, 6) is 0. The van der Waals surface area contributed by atoms with Crippen LogP contribution in [0.25, 0.3) is 0 Å². The molecule has 4 heteroatoms. The fourth-order valence-corrected chi connectivity index (χ4v) is 4.56. The molecule has 0 amide bonds. The van der Waals surface area contributed by atoms with Crippen molar-refractivity contribution < 1.29 is 4.21 Å². The van der Waals surface area contributed by atoms with Gasteiger partial charge in [0.05, 0.1) is 4.58 Å². The Hall–Kier alpha value is 0.590. The van der Waals surface area contributed by atoms with E-state index in [2.05, 4.69) is 6.92 Å². The molecule has 0 spiro atoms. The van der Waals surface area contributed by atoms with Gasteiger partial charge in [0, 0.05) is 17.1 Å². The summed E-state index contributed by atoms with van der Waals surface area (Å²) in [6, 6.07) is 0. The molecule has 66 valence electrons. The molecule has 0 saturated heterocycles. The predicted molar refractivity (Wildman–Crippen MR) is 58.1 cm³/mol. The Morgan fingerprint density at radius 1 is 1.64 bits per heavy atom. The Morgan fingerprint density at radius 2 is 2.27 bits per heavy atom. The van der Waals surface area contributed by atoms with Gasteiger partial charge in [-0.1, -0.05) is 34.6 Å². The molecule has 2 atom stereocenters. The van der Waals surface area contributed by atoms with Crippen LogP contribution in [-0.2, 0) is 10.8 Å². The average Bonchev–Trinajstić information content (AvgIpc) is 1.97. The first-order valence-corrected chi connectivity index (χ1v) is 7.37. The fraction of sp³-hybridized carbons (Fsp3) is 0.714. The Balaban J connectivity index is 3.61. The first-order valence-electron chi connectivity index (χ1n) is 3.47. The Labute approximate surface area is 79.3 Å². The van der Waals surface area contributed by atoms with Crippen molar-refractivity contribution in [2.24, 2.45) is 0 Å². The van der Waals surface area contributed by atoms with Crippen molar-refractivity contribution in [1.82, 2.24) is 0 Å². The van der Waals surface area contributed by atoms with E-state index in [1.54, 1.807) is 27.8 Å². The van der Waals surface area contributed by atoms with Gasteiger partial charge in [-0.05, 0) is 18.8 Å². The highest BCUT2D eigenvalue weighted by Crippen LogP contribution is 2.30. The lowest BCUT2D eigenvalue weighted by molar-refractivity contribution is 0.683. The summed E-state index contributed by atoms with van der Waals surface area (Å²) in [6.07, 6.45) is 4.72. The smallest absolute Gasteiger partial charge is 0.0902 e. The number of rotatable bonds is 5. The lowest BCUT2D eigenvalue weighted by atomic mass is 10.6. The van der Waals surface area contributed by atoms with Crippen LogP contribution < -0.4 is 0 Å². The summed E-state index contributed by atoms with van der Waals surface area (Å²) in [7, 11) is 2.64. The quantitative estimate of drug-likeness (QED) is 0.649. The van der Waals surface area contributed by atoms with Gasteiger partial charge in [0.1, 0.15) is 0 Å². The molecule has 0 fully saturated rings. The third-order valence-electron chi connectivity index (χ3n) is 1.06. The van der Waals surface area contributed by atoms with Gasteiger partial charge in [0.15, 0.2) is 0 Å². The van der Waals surface area contributed by atoms with Gasteiger partial charge in [0.2, 0.25) is 0 Å². The summed E-state index contributed by atoms with van der Waals surface area (Å²) < 4.78 is 11.3. The Kier molecular flexibility index (Phi) is 7.64. The van der Waals surface area contributed by atoms with Gasteiger partial charge < -0.3 is 0 Å². The normalized spacial score (nSPS) is 17.0. The van der Waals surface area contributed by atoms with Crippen molar-refractivity contribution in [3.63, 3.8) is 0 Å². The minimum Gasteiger partial charge on any atom is -0.259 e. The predicted octanol–water partition coefficient (Wildman–Crippen LogP) is 3.02. The first-order chi connectivity index (χ1) is 5.22. The van der Waals surface area contributed by atoms with Crippen molar-refractivity contribution in [1.29, 1.82) is 0 Å². The Morgan fingerprint density at radius 3 is 2.64 bits per heavy atom. The van der Waals surface area contributed by atoms with Crippen LogP contribution in [0.1, 0.15) is 20.3 Å². The molecule has 0 aromatic heterocycles. The topological polar surface area (TPSA) is 17.1 Å². The summed E-state index contributed by atoms with van der Waals surface area (Å²) in [4.78, 5) is 0. The van der Waals surface area contributed by atoms with E-state index < -0.39 is 10.8 Å². The van der Waals surface area contributed by atoms with E-state index >= 15 is 0 Å². The Bertz CT molecular complexity index is 145. The van der Waals surface area contributed by atoms with Crippen molar-refractivity contribution in [3.8, 4) is 0 Å². The van der Waals surface area contributed by atoms with E-state index in [1.165, 1.54) is 0 Å². The zero-order chi connectivity index (χ0) is 8.69. The van der Waals surface area contributed by atoms with Crippen LogP contribution >= 0.6 is 21.6 Å². The van der Waals surface area contributed by atoms with Crippen molar-refractivity contribution >= 4 is 32.4 Å². The van der Waals surface area contributed by atoms with E-state index in [9.17, 15) is 4.21 Å². The van der Waals surface area contributed by atoms with Gasteiger partial charge in [-0.3, -0.25) is 4.21 Å². The van der Waals surface area contributed by atoms with Crippen molar-refractivity contribution in [2.45, 2.75) is 24.9 Å². The summed E-state index contributed by atoms with van der Waals surface area (Å²) in [6.45, 7) is 4.05. The molecule has 0 heterocycles. The molecule has 0 rings (SSSR count). The third kappa shape index (κ3) is 5.82. The largest absolute Gasteiger partial charge is 0.259 e. The molecule has 0 radical (unpaired) electrons. The lowest BCUT2D eigenvalue weighted by Gasteiger charge is -2.07. The fourth-order valence-electron chi connectivity index (χ4n) is 0.508. The maximum absolute atomic E-state index is 11.0. The minimum absolute atomic E-state index is 0.274. The van der Waals surface area contributed by atoms with Gasteiger partial charge in [0.25, 0.3) is 0 Å².